The van der Waals surface area contributed by atoms with E-state index in [0.29, 0.717) is 51.5 Å². The predicted molar refractivity (Wildman–Crippen MR) is 125 cm³/mol. The molecule has 2 N–H and O–H groups in total. The summed E-state index contributed by atoms with van der Waals surface area (Å²) >= 11 is 0. The van der Waals surface area contributed by atoms with Crippen molar-refractivity contribution in [2.24, 2.45) is 0 Å². The normalized spacial score (nSPS) is 17.4. The van der Waals surface area contributed by atoms with E-state index in [-0.39, 0.29) is 23.3 Å². The van der Waals surface area contributed by atoms with Crippen LogP contribution in [-0.4, -0.2) is 89.3 Å². The molecule has 0 radical (unpaired) electrons. The Morgan fingerprint density at radius 2 is 1.89 bits per heavy atom. The number of aromatic nitrogens is 2. The largest absolute Gasteiger partial charge is 0.379 e. The van der Waals surface area contributed by atoms with Gasteiger partial charge in [0.25, 0.3) is 11.8 Å². The lowest BCUT2D eigenvalue weighted by atomic mass is 10.2. The van der Waals surface area contributed by atoms with Crippen LogP contribution in [0.2, 0.25) is 0 Å². The minimum atomic E-state index is -0.751. The first-order chi connectivity index (χ1) is 16.9. The van der Waals surface area contributed by atoms with E-state index in [0.717, 1.165) is 25.2 Å². The van der Waals surface area contributed by atoms with Gasteiger partial charge in [0.15, 0.2) is 5.69 Å². The Morgan fingerprint density at radius 3 is 2.63 bits per heavy atom. The van der Waals surface area contributed by atoms with Gasteiger partial charge in [0.1, 0.15) is 17.6 Å². The van der Waals surface area contributed by atoms with Gasteiger partial charge >= 0.3 is 0 Å². The minimum Gasteiger partial charge on any atom is -0.379 e. The van der Waals surface area contributed by atoms with Crippen LogP contribution in [0.25, 0.3) is 0 Å². The third kappa shape index (κ3) is 6.43. The number of carbonyl (C=O) groups is 3. The topological polar surface area (TPSA) is 109 Å². The Bertz CT molecular complexity index is 1050. The van der Waals surface area contributed by atoms with Crippen molar-refractivity contribution in [2.45, 2.75) is 32.5 Å². The number of hydrogen-bond acceptors (Lipinski definition) is 6. The summed E-state index contributed by atoms with van der Waals surface area (Å²) in [5.74, 6) is -1.37. The summed E-state index contributed by atoms with van der Waals surface area (Å²) in [6.45, 7) is 7.25. The molecule has 1 aromatic carbocycles. The third-order valence-electron chi connectivity index (χ3n) is 6.18. The summed E-state index contributed by atoms with van der Waals surface area (Å²) in [4.78, 5) is 42.1. The maximum Gasteiger partial charge on any atom is 0.272 e. The zero-order valence-corrected chi connectivity index (χ0v) is 19.8. The molecule has 1 fully saturated rings. The van der Waals surface area contributed by atoms with Gasteiger partial charge in [-0.2, -0.15) is 5.10 Å². The van der Waals surface area contributed by atoms with Crippen molar-refractivity contribution in [2.75, 3.05) is 45.9 Å². The highest BCUT2D eigenvalue weighted by Crippen LogP contribution is 2.17. The Labute approximate surface area is 203 Å². The molecule has 188 valence electrons. The van der Waals surface area contributed by atoms with Gasteiger partial charge in [0, 0.05) is 51.9 Å². The van der Waals surface area contributed by atoms with Gasteiger partial charge in [-0.1, -0.05) is 12.1 Å². The molecule has 3 heterocycles. The van der Waals surface area contributed by atoms with Gasteiger partial charge in [0.2, 0.25) is 5.91 Å². The van der Waals surface area contributed by atoms with E-state index >= 15 is 0 Å². The molecule has 1 aromatic heterocycles. The summed E-state index contributed by atoms with van der Waals surface area (Å²) in [5.41, 5.74) is 1.22. The van der Waals surface area contributed by atoms with Crippen LogP contribution in [0.1, 0.15) is 39.9 Å². The number of ether oxygens (including phenoxy) is 1. The van der Waals surface area contributed by atoms with Gasteiger partial charge in [-0.25, -0.2) is 4.39 Å². The molecule has 4 rings (SSSR count). The van der Waals surface area contributed by atoms with E-state index in [1.807, 2.05) is 0 Å². The van der Waals surface area contributed by atoms with Crippen molar-refractivity contribution in [1.82, 2.24) is 30.2 Å². The zero-order valence-electron chi connectivity index (χ0n) is 19.8. The molecule has 35 heavy (non-hydrogen) atoms. The van der Waals surface area contributed by atoms with Crippen molar-refractivity contribution in [1.29, 1.82) is 0 Å². The van der Waals surface area contributed by atoms with E-state index < -0.39 is 11.9 Å². The zero-order chi connectivity index (χ0) is 24.8. The average Bonchev–Trinajstić information content (AvgIpc) is 3.23. The van der Waals surface area contributed by atoms with Crippen LogP contribution in [0.3, 0.4) is 0 Å². The molecule has 0 unspecified atom stereocenters. The average molecular weight is 487 g/mol. The van der Waals surface area contributed by atoms with Crippen LogP contribution in [0, 0.1) is 5.82 Å². The van der Waals surface area contributed by atoms with Gasteiger partial charge < -0.3 is 20.3 Å². The summed E-state index contributed by atoms with van der Waals surface area (Å²) in [6.07, 6.45) is 0.671. The molecule has 11 heteroatoms. The molecule has 2 aliphatic rings. The standard InChI is InChI=1S/C24H31FN6O4/c1-17(22(32)26-7-10-29-11-13-35-14-12-29)27-23(33)20-15-21-24(34)30(8-2-9-31(21)28-20)16-18-3-5-19(25)6-4-18/h3-6,15,17H,2,7-14,16H2,1H3,(H,26,32)(H,27,33)/t17-/m1/s1. The molecule has 0 aliphatic carbocycles. The van der Waals surface area contributed by atoms with Gasteiger partial charge in [0.05, 0.1) is 13.2 Å². The van der Waals surface area contributed by atoms with Crippen LogP contribution >= 0.6 is 0 Å². The number of amides is 3. The van der Waals surface area contributed by atoms with Crippen LogP contribution in [0.5, 0.6) is 0 Å². The third-order valence-corrected chi connectivity index (χ3v) is 6.18. The molecule has 2 aliphatic heterocycles. The molecular weight excluding hydrogens is 455 g/mol. The van der Waals surface area contributed by atoms with Crippen molar-refractivity contribution < 1.29 is 23.5 Å². The van der Waals surface area contributed by atoms with Crippen molar-refractivity contribution in [3.63, 3.8) is 0 Å². The number of rotatable bonds is 8. The monoisotopic (exact) mass is 486 g/mol. The van der Waals surface area contributed by atoms with Gasteiger partial charge in [-0.3, -0.25) is 24.0 Å². The van der Waals surface area contributed by atoms with E-state index in [9.17, 15) is 18.8 Å². The molecule has 1 saturated heterocycles. The molecule has 2 aromatic rings. The second-order valence-electron chi connectivity index (χ2n) is 8.78. The fourth-order valence-corrected chi connectivity index (χ4v) is 4.16. The van der Waals surface area contributed by atoms with Gasteiger partial charge in [-0.15, -0.1) is 0 Å². The molecule has 0 bridgehead atoms. The summed E-state index contributed by atoms with van der Waals surface area (Å²) in [6, 6.07) is 6.74. The minimum absolute atomic E-state index is 0.0879. The Kier molecular flexibility index (Phi) is 8.09. The van der Waals surface area contributed by atoms with E-state index in [1.165, 1.54) is 22.9 Å². The maximum absolute atomic E-state index is 13.2. The van der Waals surface area contributed by atoms with Gasteiger partial charge in [-0.05, 0) is 31.0 Å². The van der Waals surface area contributed by atoms with Crippen molar-refractivity contribution in [3.8, 4) is 0 Å². The van der Waals surface area contributed by atoms with Crippen LogP contribution in [-0.2, 0) is 22.6 Å². The van der Waals surface area contributed by atoms with Crippen LogP contribution < -0.4 is 10.6 Å². The SMILES string of the molecule is C[C@@H](NC(=O)c1cc2n(n1)CCCN(Cc1ccc(F)cc1)C2=O)C(=O)NCCN1CCOCC1. The van der Waals surface area contributed by atoms with Crippen molar-refractivity contribution >= 4 is 17.7 Å². The highest BCUT2D eigenvalue weighted by molar-refractivity contribution is 5.99. The van der Waals surface area contributed by atoms with Crippen LogP contribution in [0.4, 0.5) is 4.39 Å². The lowest BCUT2D eigenvalue weighted by Gasteiger charge is -2.26. The molecule has 10 nitrogen and oxygen atoms in total. The number of halogens is 1. The number of nitrogens with zero attached hydrogens (tertiary/aromatic N) is 4. The second kappa shape index (κ2) is 11.4. The molecule has 0 spiro atoms. The molecule has 1 atom stereocenters. The second-order valence-corrected chi connectivity index (χ2v) is 8.78. The number of aryl methyl sites for hydroxylation is 1. The lowest BCUT2D eigenvalue weighted by Crippen LogP contribution is -2.47. The first-order valence-electron chi connectivity index (χ1n) is 11.9. The van der Waals surface area contributed by atoms with E-state index in [2.05, 4.69) is 20.6 Å². The number of carbonyl (C=O) groups excluding carboxylic acids is 3. The first-order valence-corrected chi connectivity index (χ1v) is 11.9. The highest BCUT2D eigenvalue weighted by Gasteiger charge is 2.27. The van der Waals surface area contributed by atoms with E-state index in [1.54, 1.807) is 24.0 Å². The highest BCUT2D eigenvalue weighted by atomic mass is 19.1. The molecule has 0 saturated carbocycles. The number of benzene rings is 1. The van der Waals surface area contributed by atoms with Crippen LogP contribution in [0.15, 0.2) is 30.3 Å². The summed E-state index contributed by atoms with van der Waals surface area (Å²) < 4.78 is 20.0. The Morgan fingerprint density at radius 1 is 1.14 bits per heavy atom. The Balaban J connectivity index is 1.32. The fraction of sp³-hybridized carbons (Fsp3) is 0.500. The summed E-state index contributed by atoms with van der Waals surface area (Å²) in [5, 5.41) is 9.80. The number of nitrogens with one attached hydrogen (secondary N) is 2. The molecule has 3 amide bonds. The summed E-state index contributed by atoms with van der Waals surface area (Å²) in [7, 11) is 0. The van der Waals surface area contributed by atoms with E-state index in [4.69, 9.17) is 4.74 Å². The Hall–Kier alpha value is -3.31. The maximum atomic E-state index is 13.2. The smallest absolute Gasteiger partial charge is 0.272 e. The number of hydrogen-bond donors (Lipinski definition) is 2. The fourth-order valence-electron chi connectivity index (χ4n) is 4.16. The van der Waals surface area contributed by atoms with Crippen molar-refractivity contribution in [3.05, 3.63) is 53.1 Å². The lowest BCUT2D eigenvalue weighted by molar-refractivity contribution is -0.122. The quantitative estimate of drug-likeness (QED) is 0.567. The predicted octanol–water partition coefficient (Wildman–Crippen LogP) is 0.635. The number of fused-ring (bicyclic) bond motifs is 1. The first kappa shape index (κ1) is 24.8. The number of morpholine rings is 1. The molecular formula is C24H31FN6O4.